The van der Waals surface area contributed by atoms with Crippen molar-refractivity contribution >= 4 is 39.2 Å². The second-order valence-corrected chi connectivity index (χ2v) is 9.50. The van der Waals surface area contributed by atoms with Gasteiger partial charge >= 0.3 is 0 Å². The average Bonchev–Trinajstić information content (AvgIpc) is 2.94. The molecule has 0 aromatic carbocycles. The highest BCUT2D eigenvalue weighted by Crippen LogP contribution is 2.28. The Bertz CT molecular complexity index is 866. The first-order chi connectivity index (χ1) is 13.0. The molecule has 148 valence electrons. The first kappa shape index (κ1) is 20.4. The second-order valence-electron chi connectivity index (χ2n) is 7.36. The van der Waals surface area contributed by atoms with Crippen LogP contribution in [0.1, 0.15) is 62.3 Å². The van der Waals surface area contributed by atoms with Gasteiger partial charge in [0.2, 0.25) is 5.91 Å². The fraction of sp³-hybridized carbons (Fsp3) is 0.650. The second kappa shape index (κ2) is 9.24. The number of amides is 1. The number of aryl methyl sites for hydroxylation is 2. The maximum Gasteiger partial charge on any atom is 0.263 e. The van der Waals surface area contributed by atoms with Crippen LogP contribution in [0.4, 0.5) is 0 Å². The third kappa shape index (κ3) is 4.74. The lowest BCUT2D eigenvalue weighted by Crippen LogP contribution is -2.37. The monoisotopic (exact) mass is 407 g/mol. The SMILES string of the molecule is CCCCn1c(SCC(=O)NC2CCCCC2)nc2sc(C)c(C)c2c1=O. The van der Waals surface area contributed by atoms with Crippen LogP contribution >= 0.6 is 23.1 Å². The standard InChI is InChI=1S/C20H29N3O2S2/c1-4-5-11-23-19(25)17-13(2)14(3)27-18(17)22-20(23)26-12-16(24)21-15-9-7-6-8-10-15/h15H,4-12H2,1-3H3,(H,21,24). The molecule has 3 rings (SSSR count). The predicted molar refractivity (Wildman–Crippen MR) is 114 cm³/mol. The van der Waals surface area contributed by atoms with Gasteiger partial charge in [-0.2, -0.15) is 0 Å². The van der Waals surface area contributed by atoms with Crippen LogP contribution in [0.3, 0.4) is 0 Å². The van der Waals surface area contributed by atoms with Crippen molar-refractivity contribution < 1.29 is 4.79 Å². The van der Waals surface area contributed by atoms with Crippen molar-refractivity contribution in [1.82, 2.24) is 14.9 Å². The molecule has 2 heterocycles. The molecule has 5 nitrogen and oxygen atoms in total. The molecule has 2 aromatic rings. The lowest BCUT2D eigenvalue weighted by atomic mass is 9.95. The molecule has 1 aliphatic rings. The minimum absolute atomic E-state index is 0.0329. The number of fused-ring (bicyclic) bond motifs is 1. The Labute approximate surface area is 169 Å². The molecule has 2 aromatic heterocycles. The number of thioether (sulfide) groups is 1. The van der Waals surface area contributed by atoms with Crippen molar-refractivity contribution in [3.05, 3.63) is 20.8 Å². The van der Waals surface area contributed by atoms with Gasteiger partial charge in [-0.25, -0.2) is 4.98 Å². The van der Waals surface area contributed by atoms with Gasteiger partial charge in [-0.15, -0.1) is 11.3 Å². The van der Waals surface area contributed by atoms with Crippen LogP contribution in [-0.2, 0) is 11.3 Å². The molecular weight excluding hydrogens is 378 g/mol. The van der Waals surface area contributed by atoms with Crippen LogP contribution in [0.2, 0.25) is 0 Å². The van der Waals surface area contributed by atoms with Crippen molar-refractivity contribution in [1.29, 1.82) is 0 Å². The zero-order chi connectivity index (χ0) is 19.4. The van der Waals surface area contributed by atoms with Crippen molar-refractivity contribution in [3.63, 3.8) is 0 Å². The van der Waals surface area contributed by atoms with Crippen molar-refractivity contribution in [2.24, 2.45) is 0 Å². The molecule has 1 N–H and O–H groups in total. The van der Waals surface area contributed by atoms with Gasteiger partial charge in [0.15, 0.2) is 5.16 Å². The molecule has 0 radical (unpaired) electrons. The number of rotatable bonds is 7. The first-order valence-electron chi connectivity index (χ1n) is 9.94. The number of thiophene rings is 1. The van der Waals surface area contributed by atoms with E-state index in [-0.39, 0.29) is 11.5 Å². The zero-order valence-corrected chi connectivity index (χ0v) is 18.1. The topological polar surface area (TPSA) is 64.0 Å². The van der Waals surface area contributed by atoms with Crippen LogP contribution in [0, 0.1) is 13.8 Å². The highest BCUT2D eigenvalue weighted by atomic mass is 32.2. The largest absolute Gasteiger partial charge is 0.353 e. The fourth-order valence-corrected chi connectivity index (χ4v) is 5.49. The summed E-state index contributed by atoms with van der Waals surface area (Å²) in [4.78, 5) is 32.1. The van der Waals surface area contributed by atoms with Crippen molar-refractivity contribution in [3.8, 4) is 0 Å². The molecule has 0 saturated heterocycles. The van der Waals surface area contributed by atoms with Crippen LogP contribution in [-0.4, -0.2) is 27.3 Å². The Morgan fingerprint density at radius 1 is 1.30 bits per heavy atom. The molecule has 7 heteroatoms. The summed E-state index contributed by atoms with van der Waals surface area (Å²) in [5.41, 5.74) is 1.06. The van der Waals surface area contributed by atoms with Gasteiger partial charge in [-0.1, -0.05) is 44.4 Å². The van der Waals surface area contributed by atoms with Gasteiger partial charge in [0, 0.05) is 17.5 Å². The van der Waals surface area contributed by atoms with E-state index >= 15 is 0 Å². The number of hydrogen-bond donors (Lipinski definition) is 1. The molecule has 0 aliphatic heterocycles. The summed E-state index contributed by atoms with van der Waals surface area (Å²) in [6.45, 7) is 6.79. The Morgan fingerprint density at radius 2 is 2.04 bits per heavy atom. The Kier molecular flexibility index (Phi) is 6.98. The Hall–Kier alpha value is -1.34. The molecule has 0 unspecified atom stereocenters. The van der Waals surface area contributed by atoms with Crippen LogP contribution in [0.5, 0.6) is 0 Å². The minimum atomic E-state index is 0.0329. The van der Waals surface area contributed by atoms with Crippen molar-refractivity contribution in [2.75, 3.05) is 5.75 Å². The van der Waals surface area contributed by atoms with Gasteiger partial charge in [-0.05, 0) is 38.7 Å². The van der Waals surface area contributed by atoms with E-state index in [2.05, 4.69) is 12.2 Å². The maximum absolute atomic E-state index is 13.1. The van der Waals surface area contributed by atoms with E-state index in [1.54, 1.807) is 15.9 Å². The summed E-state index contributed by atoms with van der Waals surface area (Å²) < 4.78 is 1.77. The highest BCUT2D eigenvalue weighted by molar-refractivity contribution is 7.99. The lowest BCUT2D eigenvalue weighted by molar-refractivity contribution is -0.119. The van der Waals surface area contributed by atoms with E-state index in [9.17, 15) is 9.59 Å². The van der Waals surface area contributed by atoms with Gasteiger partial charge in [-0.3, -0.25) is 14.2 Å². The maximum atomic E-state index is 13.1. The molecule has 27 heavy (non-hydrogen) atoms. The van der Waals surface area contributed by atoms with E-state index in [0.29, 0.717) is 23.5 Å². The fourth-order valence-electron chi connectivity index (χ4n) is 3.58. The number of hydrogen-bond acceptors (Lipinski definition) is 5. The van der Waals surface area contributed by atoms with E-state index in [0.717, 1.165) is 46.3 Å². The average molecular weight is 408 g/mol. The summed E-state index contributed by atoms with van der Waals surface area (Å²) in [6, 6.07) is 0.312. The number of nitrogens with zero attached hydrogens (tertiary/aromatic N) is 2. The summed E-state index contributed by atoms with van der Waals surface area (Å²) in [5, 5.41) is 4.55. The number of unbranched alkanes of at least 4 members (excludes halogenated alkanes) is 1. The molecule has 1 amide bonds. The molecular formula is C20H29N3O2S2. The summed E-state index contributed by atoms with van der Waals surface area (Å²) >= 11 is 2.95. The third-order valence-electron chi connectivity index (χ3n) is 5.29. The van der Waals surface area contributed by atoms with E-state index in [4.69, 9.17) is 4.98 Å². The predicted octanol–water partition coefficient (Wildman–Crippen LogP) is 4.42. The Morgan fingerprint density at radius 3 is 2.74 bits per heavy atom. The molecule has 0 bridgehead atoms. The number of carbonyl (C=O) groups excluding carboxylic acids is 1. The van der Waals surface area contributed by atoms with E-state index < -0.39 is 0 Å². The molecule has 0 spiro atoms. The quantitative estimate of drug-likeness (QED) is 0.545. The summed E-state index contributed by atoms with van der Waals surface area (Å²) in [5.74, 6) is 0.353. The smallest absolute Gasteiger partial charge is 0.263 e. The molecule has 1 fully saturated rings. The number of aromatic nitrogens is 2. The van der Waals surface area contributed by atoms with Crippen LogP contribution < -0.4 is 10.9 Å². The zero-order valence-electron chi connectivity index (χ0n) is 16.5. The Balaban J connectivity index is 1.79. The van der Waals surface area contributed by atoms with Gasteiger partial charge in [0.05, 0.1) is 11.1 Å². The van der Waals surface area contributed by atoms with Gasteiger partial charge in [0.25, 0.3) is 5.56 Å². The molecule has 1 saturated carbocycles. The van der Waals surface area contributed by atoms with E-state index in [1.807, 2.05) is 13.8 Å². The van der Waals surface area contributed by atoms with Gasteiger partial charge < -0.3 is 5.32 Å². The van der Waals surface area contributed by atoms with E-state index in [1.165, 1.54) is 31.0 Å². The molecule has 1 aliphatic carbocycles. The van der Waals surface area contributed by atoms with Crippen LogP contribution in [0.15, 0.2) is 9.95 Å². The minimum Gasteiger partial charge on any atom is -0.353 e. The summed E-state index contributed by atoms with van der Waals surface area (Å²) in [7, 11) is 0. The molecule has 0 atom stereocenters. The summed E-state index contributed by atoms with van der Waals surface area (Å²) in [6.07, 6.45) is 7.77. The number of nitrogens with one attached hydrogen (secondary N) is 1. The normalized spacial score (nSPS) is 15.4. The lowest BCUT2D eigenvalue weighted by Gasteiger charge is -2.22. The van der Waals surface area contributed by atoms with Crippen molar-refractivity contribution in [2.45, 2.75) is 83.5 Å². The number of carbonyl (C=O) groups is 1. The van der Waals surface area contributed by atoms with Gasteiger partial charge in [0.1, 0.15) is 4.83 Å². The highest BCUT2D eigenvalue weighted by Gasteiger charge is 2.19. The third-order valence-corrected chi connectivity index (χ3v) is 7.37. The first-order valence-corrected chi connectivity index (χ1v) is 11.7. The van der Waals surface area contributed by atoms with Crippen LogP contribution in [0.25, 0.3) is 10.2 Å².